The fourth-order valence-electron chi connectivity index (χ4n) is 2.02. The number of benzene rings is 1. The number of rotatable bonds is 9. The lowest BCUT2D eigenvalue weighted by Crippen LogP contribution is -2.39. The first kappa shape index (κ1) is 17.5. The molecular formula is C16H26N2O3. The molecule has 21 heavy (non-hydrogen) atoms. The number of hydrogen-bond donors (Lipinski definition) is 2. The number of hydrogen-bond acceptors (Lipinski definition) is 4. The first-order chi connectivity index (χ1) is 10.1. The largest absolute Gasteiger partial charge is 0.492 e. The molecule has 0 aliphatic rings. The second-order valence-corrected chi connectivity index (χ2v) is 5.12. The van der Waals surface area contributed by atoms with E-state index in [0.717, 1.165) is 0 Å². The molecule has 0 heterocycles. The van der Waals surface area contributed by atoms with Crippen molar-refractivity contribution in [1.29, 1.82) is 0 Å². The quantitative estimate of drug-likeness (QED) is 0.732. The lowest BCUT2D eigenvalue weighted by Gasteiger charge is -2.25. The Kier molecular flexibility index (Phi) is 7.79. The average Bonchev–Trinajstić information content (AvgIpc) is 2.45. The molecule has 118 valence electrons. The van der Waals surface area contributed by atoms with Gasteiger partial charge in [-0.25, -0.2) is 0 Å². The van der Waals surface area contributed by atoms with Crippen molar-refractivity contribution in [2.45, 2.75) is 33.2 Å². The van der Waals surface area contributed by atoms with Gasteiger partial charge >= 0.3 is 0 Å². The monoisotopic (exact) mass is 294 g/mol. The van der Waals surface area contributed by atoms with Crippen molar-refractivity contribution < 1.29 is 14.6 Å². The molecule has 0 saturated heterocycles. The number of nitrogens with zero attached hydrogens (tertiary/aromatic N) is 1. The molecule has 0 aliphatic heterocycles. The van der Waals surface area contributed by atoms with Crippen LogP contribution in [0.3, 0.4) is 0 Å². The molecule has 0 aliphatic carbocycles. The molecule has 0 fully saturated rings. The number of carbonyl (C=O) groups excluding carboxylic acids is 1. The number of anilines is 1. The van der Waals surface area contributed by atoms with E-state index in [-0.39, 0.29) is 18.6 Å². The molecule has 2 N–H and O–H groups in total. The molecule has 1 amide bonds. The molecule has 5 heteroatoms. The van der Waals surface area contributed by atoms with Crippen molar-refractivity contribution in [3.05, 3.63) is 24.3 Å². The lowest BCUT2D eigenvalue weighted by atomic mass is 10.2. The molecule has 1 rings (SSSR count). The van der Waals surface area contributed by atoms with Crippen LogP contribution >= 0.6 is 0 Å². The molecule has 0 spiro atoms. The maximum atomic E-state index is 12.2. The van der Waals surface area contributed by atoms with E-state index in [9.17, 15) is 4.79 Å². The van der Waals surface area contributed by atoms with Gasteiger partial charge in [0.2, 0.25) is 5.91 Å². The van der Waals surface area contributed by atoms with Crippen molar-refractivity contribution in [2.75, 3.05) is 31.6 Å². The zero-order chi connectivity index (χ0) is 15.7. The Morgan fingerprint density at radius 1 is 1.38 bits per heavy atom. The number of aliphatic hydroxyl groups is 1. The number of aliphatic hydroxyl groups excluding tert-OH is 1. The zero-order valence-electron chi connectivity index (χ0n) is 13.1. The first-order valence-corrected chi connectivity index (χ1v) is 7.45. The Hall–Kier alpha value is -1.59. The lowest BCUT2D eigenvalue weighted by molar-refractivity contribution is -0.117. The number of ether oxygens (including phenoxy) is 1. The van der Waals surface area contributed by atoms with Crippen molar-refractivity contribution in [2.24, 2.45) is 0 Å². The minimum absolute atomic E-state index is 0.0752. The van der Waals surface area contributed by atoms with Crippen LogP contribution in [0.15, 0.2) is 24.3 Å². The molecule has 0 unspecified atom stereocenters. The van der Waals surface area contributed by atoms with Crippen LogP contribution in [0.2, 0.25) is 0 Å². The predicted octanol–water partition coefficient (Wildman–Crippen LogP) is 2.12. The van der Waals surface area contributed by atoms with Crippen molar-refractivity contribution in [3.63, 3.8) is 0 Å². The van der Waals surface area contributed by atoms with Crippen molar-refractivity contribution in [1.82, 2.24) is 4.90 Å². The summed E-state index contributed by atoms with van der Waals surface area (Å²) in [6.07, 6.45) is 0.668. The highest BCUT2D eigenvalue weighted by Crippen LogP contribution is 2.23. The Balaban J connectivity index is 2.63. The molecule has 5 nitrogen and oxygen atoms in total. The van der Waals surface area contributed by atoms with Crippen LogP contribution in [0.5, 0.6) is 5.75 Å². The van der Waals surface area contributed by atoms with Crippen LogP contribution in [0.4, 0.5) is 5.69 Å². The van der Waals surface area contributed by atoms with Gasteiger partial charge in [-0.05, 0) is 39.3 Å². The van der Waals surface area contributed by atoms with E-state index in [4.69, 9.17) is 9.84 Å². The fourth-order valence-corrected chi connectivity index (χ4v) is 2.02. The number of nitrogens with one attached hydrogen (secondary N) is 1. The summed E-state index contributed by atoms with van der Waals surface area (Å²) in [7, 11) is 0. The Labute approximate surface area is 126 Å². The first-order valence-electron chi connectivity index (χ1n) is 7.45. The summed E-state index contributed by atoms with van der Waals surface area (Å²) in [5.41, 5.74) is 0.690. The maximum absolute atomic E-state index is 12.2. The summed E-state index contributed by atoms with van der Waals surface area (Å²) in [5, 5.41) is 11.8. The van der Waals surface area contributed by atoms with Crippen molar-refractivity contribution in [3.8, 4) is 5.75 Å². The minimum Gasteiger partial charge on any atom is -0.492 e. The normalized spacial score (nSPS) is 11.0. The van der Waals surface area contributed by atoms with E-state index < -0.39 is 0 Å². The highest BCUT2D eigenvalue weighted by Gasteiger charge is 2.14. The van der Waals surface area contributed by atoms with Gasteiger partial charge in [-0.3, -0.25) is 9.69 Å². The molecular weight excluding hydrogens is 268 g/mol. The predicted molar refractivity (Wildman–Crippen MR) is 84.7 cm³/mol. The molecule has 1 aromatic carbocycles. The van der Waals surface area contributed by atoms with E-state index in [1.165, 1.54) is 0 Å². The number of para-hydroxylation sites is 2. The van der Waals surface area contributed by atoms with Crippen LogP contribution in [0.1, 0.15) is 27.2 Å². The SMILES string of the molecule is CCOc1ccccc1NC(=O)CN(CCCO)C(C)C. The third kappa shape index (κ3) is 6.14. The van der Waals surface area contributed by atoms with E-state index in [2.05, 4.69) is 5.32 Å². The Morgan fingerprint density at radius 3 is 2.71 bits per heavy atom. The zero-order valence-corrected chi connectivity index (χ0v) is 13.1. The standard InChI is InChI=1S/C16H26N2O3/c1-4-21-15-9-6-5-8-14(15)17-16(20)12-18(13(2)3)10-7-11-19/h5-6,8-9,13,19H,4,7,10-12H2,1-3H3,(H,17,20). The van der Waals surface area contributed by atoms with Crippen LogP contribution < -0.4 is 10.1 Å². The van der Waals surface area contributed by atoms with E-state index >= 15 is 0 Å². The molecule has 0 atom stereocenters. The van der Waals surface area contributed by atoms with E-state index in [0.29, 0.717) is 37.6 Å². The van der Waals surface area contributed by atoms with Gasteiger partial charge in [-0.1, -0.05) is 12.1 Å². The minimum atomic E-state index is -0.0752. The molecule has 0 saturated carbocycles. The average molecular weight is 294 g/mol. The maximum Gasteiger partial charge on any atom is 0.238 e. The van der Waals surface area contributed by atoms with Gasteiger partial charge in [-0.15, -0.1) is 0 Å². The number of amides is 1. The highest BCUT2D eigenvalue weighted by atomic mass is 16.5. The molecule has 0 radical (unpaired) electrons. The van der Waals surface area contributed by atoms with Crippen LogP contribution in [-0.2, 0) is 4.79 Å². The fraction of sp³-hybridized carbons (Fsp3) is 0.562. The van der Waals surface area contributed by atoms with Gasteiger partial charge in [0.15, 0.2) is 0 Å². The third-order valence-electron chi connectivity index (χ3n) is 3.14. The summed E-state index contributed by atoms with van der Waals surface area (Å²) in [4.78, 5) is 14.2. The highest BCUT2D eigenvalue weighted by molar-refractivity contribution is 5.93. The Bertz CT molecular complexity index is 435. The smallest absolute Gasteiger partial charge is 0.238 e. The summed E-state index contributed by atoms with van der Waals surface area (Å²) in [6, 6.07) is 7.66. The van der Waals surface area contributed by atoms with Gasteiger partial charge < -0.3 is 15.2 Å². The third-order valence-corrected chi connectivity index (χ3v) is 3.14. The summed E-state index contributed by atoms with van der Waals surface area (Å²) in [6.45, 7) is 7.69. The van der Waals surface area contributed by atoms with Gasteiger partial charge in [0.05, 0.1) is 18.8 Å². The molecule has 0 bridgehead atoms. The van der Waals surface area contributed by atoms with Gasteiger partial charge in [0, 0.05) is 19.2 Å². The van der Waals surface area contributed by atoms with Crippen LogP contribution in [0.25, 0.3) is 0 Å². The van der Waals surface area contributed by atoms with Crippen molar-refractivity contribution >= 4 is 11.6 Å². The molecule has 0 aromatic heterocycles. The molecule has 1 aromatic rings. The summed E-state index contributed by atoms with van der Waals surface area (Å²) < 4.78 is 5.49. The second-order valence-electron chi connectivity index (χ2n) is 5.12. The second kappa shape index (κ2) is 9.37. The van der Waals surface area contributed by atoms with Crippen LogP contribution in [-0.4, -0.2) is 48.3 Å². The van der Waals surface area contributed by atoms with Gasteiger partial charge in [0.25, 0.3) is 0 Å². The number of carbonyl (C=O) groups is 1. The Morgan fingerprint density at radius 2 is 2.10 bits per heavy atom. The summed E-state index contributed by atoms with van der Waals surface area (Å²) in [5.74, 6) is 0.605. The summed E-state index contributed by atoms with van der Waals surface area (Å²) >= 11 is 0. The topological polar surface area (TPSA) is 61.8 Å². The van der Waals surface area contributed by atoms with E-state index in [1.807, 2.05) is 49.9 Å². The van der Waals surface area contributed by atoms with Crippen LogP contribution in [0, 0.1) is 0 Å². The van der Waals surface area contributed by atoms with Gasteiger partial charge in [0.1, 0.15) is 5.75 Å². The van der Waals surface area contributed by atoms with E-state index in [1.54, 1.807) is 0 Å². The van der Waals surface area contributed by atoms with Gasteiger partial charge in [-0.2, -0.15) is 0 Å².